The number of carbonyl (C=O) groups excluding carboxylic acids is 1. The third-order valence-electron chi connectivity index (χ3n) is 4.68. The van der Waals surface area contributed by atoms with Crippen molar-refractivity contribution < 1.29 is 9.32 Å². The lowest BCUT2D eigenvalue weighted by Crippen LogP contribution is -2.30. The van der Waals surface area contributed by atoms with Crippen molar-refractivity contribution in [2.45, 2.75) is 30.4 Å². The smallest absolute Gasteiger partial charge is 0.252 e. The van der Waals surface area contributed by atoms with Gasteiger partial charge in [0.25, 0.3) is 5.91 Å². The first-order chi connectivity index (χ1) is 14.2. The Kier molecular flexibility index (Phi) is 6.56. The Morgan fingerprint density at radius 1 is 1.14 bits per heavy atom. The molecule has 2 heterocycles. The van der Waals surface area contributed by atoms with Crippen LogP contribution in [0.3, 0.4) is 0 Å². The number of hydrogen-bond donors (Lipinski definition) is 1. The average Bonchev–Trinajstić information content (AvgIpc) is 3.45. The van der Waals surface area contributed by atoms with Crippen LogP contribution in [0.1, 0.15) is 57.2 Å². The number of nitrogens with one attached hydrogen (secondary N) is 1. The Labute approximate surface area is 179 Å². The Hall–Kier alpha value is -2.25. The van der Waals surface area contributed by atoms with E-state index < -0.39 is 6.04 Å². The number of carbonyl (C=O) groups is 1. The van der Waals surface area contributed by atoms with Gasteiger partial charge in [0.2, 0.25) is 5.89 Å². The fourth-order valence-electron chi connectivity index (χ4n) is 3.20. The van der Waals surface area contributed by atoms with E-state index in [1.165, 1.54) is 17.1 Å². The third-order valence-corrected chi connectivity index (χ3v) is 7.79. The second-order valence-corrected chi connectivity index (χ2v) is 9.53. The summed E-state index contributed by atoms with van der Waals surface area (Å²) >= 11 is 3.91. The summed E-state index contributed by atoms with van der Waals surface area (Å²) in [5.41, 5.74) is 2.80. The summed E-state index contributed by atoms with van der Waals surface area (Å²) in [5, 5.41) is 7.19. The van der Waals surface area contributed by atoms with Gasteiger partial charge >= 0.3 is 0 Å². The predicted octanol–water partition coefficient (Wildman–Crippen LogP) is 5.02. The average molecular weight is 426 g/mol. The lowest BCUT2D eigenvalue weighted by Gasteiger charge is -2.16. The van der Waals surface area contributed by atoms with Crippen molar-refractivity contribution in [3.63, 3.8) is 0 Å². The largest absolute Gasteiger partial charge is 0.339 e. The maximum atomic E-state index is 13.0. The summed E-state index contributed by atoms with van der Waals surface area (Å²) in [6.07, 6.45) is 1.65. The van der Waals surface area contributed by atoms with Gasteiger partial charge < -0.3 is 9.84 Å². The van der Waals surface area contributed by atoms with Gasteiger partial charge in [0.15, 0.2) is 5.82 Å². The molecule has 1 aliphatic rings. The molecule has 150 valence electrons. The summed E-state index contributed by atoms with van der Waals surface area (Å²) in [6, 6.07) is 17.2. The van der Waals surface area contributed by atoms with Gasteiger partial charge in [0.1, 0.15) is 6.04 Å². The minimum Gasteiger partial charge on any atom is -0.339 e. The molecule has 0 radical (unpaired) electrons. The molecule has 1 fully saturated rings. The molecule has 1 aromatic heterocycles. The van der Waals surface area contributed by atoms with Gasteiger partial charge in [-0.3, -0.25) is 4.79 Å². The normalized spacial score (nSPS) is 15.3. The highest BCUT2D eigenvalue weighted by molar-refractivity contribution is 8.19. The van der Waals surface area contributed by atoms with E-state index in [2.05, 4.69) is 34.5 Å². The predicted molar refractivity (Wildman–Crippen MR) is 118 cm³/mol. The quantitative estimate of drug-likeness (QED) is 0.573. The van der Waals surface area contributed by atoms with Crippen LogP contribution < -0.4 is 5.32 Å². The van der Waals surface area contributed by atoms with E-state index in [-0.39, 0.29) is 5.91 Å². The molecule has 1 N–H and O–H groups in total. The van der Waals surface area contributed by atoms with Crippen LogP contribution in [-0.4, -0.2) is 27.6 Å². The molecule has 29 heavy (non-hydrogen) atoms. The van der Waals surface area contributed by atoms with Crippen LogP contribution in [0.15, 0.2) is 59.1 Å². The number of rotatable bonds is 7. The summed E-state index contributed by atoms with van der Waals surface area (Å²) in [6.45, 7) is 2.06. The van der Waals surface area contributed by atoms with Crippen molar-refractivity contribution in [2.24, 2.45) is 0 Å². The zero-order valence-electron chi connectivity index (χ0n) is 16.2. The first kappa shape index (κ1) is 20.0. The van der Waals surface area contributed by atoms with Crippen LogP contribution in [0.5, 0.6) is 0 Å². The fraction of sp³-hybridized carbons (Fsp3) is 0.318. The van der Waals surface area contributed by atoms with Gasteiger partial charge in [0, 0.05) is 23.5 Å². The molecule has 0 saturated carbocycles. The highest BCUT2D eigenvalue weighted by Crippen LogP contribution is 2.45. The van der Waals surface area contributed by atoms with E-state index in [1.54, 1.807) is 0 Å². The van der Waals surface area contributed by atoms with Gasteiger partial charge in [-0.05, 0) is 29.7 Å². The van der Waals surface area contributed by atoms with Gasteiger partial charge in [-0.25, -0.2) is 0 Å². The van der Waals surface area contributed by atoms with Crippen molar-refractivity contribution in [1.29, 1.82) is 0 Å². The standard InChI is InChI=1S/C22H23N3O2S2/c1-2-6-18-23-20(25-27-18)19(15-7-4-3-5-8-15)24-21(26)16-9-11-17(12-10-16)22-28-13-14-29-22/h3-5,7-12,19,22H,2,6,13-14H2,1H3,(H,24,26). The molecule has 1 unspecified atom stereocenters. The summed E-state index contributed by atoms with van der Waals surface area (Å²) in [4.78, 5) is 17.5. The molecule has 0 spiro atoms. The molecule has 1 aliphatic heterocycles. The van der Waals surface area contributed by atoms with Gasteiger partial charge in [-0.15, -0.1) is 23.5 Å². The molecule has 5 nitrogen and oxygen atoms in total. The monoisotopic (exact) mass is 425 g/mol. The van der Waals surface area contributed by atoms with Crippen molar-refractivity contribution in [2.75, 3.05) is 11.5 Å². The Bertz CT molecular complexity index is 938. The first-order valence-electron chi connectivity index (χ1n) is 9.76. The second kappa shape index (κ2) is 9.50. The van der Waals surface area contributed by atoms with Crippen LogP contribution in [0.2, 0.25) is 0 Å². The van der Waals surface area contributed by atoms with Crippen LogP contribution in [0, 0.1) is 0 Å². The van der Waals surface area contributed by atoms with Crippen molar-refractivity contribution in [3.8, 4) is 0 Å². The van der Waals surface area contributed by atoms with Gasteiger partial charge in [-0.1, -0.05) is 54.5 Å². The number of benzene rings is 2. The Morgan fingerprint density at radius 2 is 1.86 bits per heavy atom. The Morgan fingerprint density at radius 3 is 2.55 bits per heavy atom. The molecule has 7 heteroatoms. The molecule has 0 bridgehead atoms. The zero-order chi connectivity index (χ0) is 20.1. The summed E-state index contributed by atoms with van der Waals surface area (Å²) < 4.78 is 5.82. The van der Waals surface area contributed by atoms with E-state index in [9.17, 15) is 4.79 Å². The van der Waals surface area contributed by atoms with Crippen LogP contribution in [0.4, 0.5) is 0 Å². The number of thioether (sulfide) groups is 2. The number of aromatic nitrogens is 2. The Balaban J connectivity index is 1.54. The topological polar surface area (TPSA) is 68.0 Å². The lowest BCUT2D eigenvalue weighted by molar-refractivity contribution is 0.0941. The molecule has 1 atom stereocenters. The van der Waals surface area contributed by atoms with Crippen molar-refractivity contribution >= 4 is 29.4 Å². The van der Waals surface area contributed by atoms with Gasteiger partial charge in [-0.2, -0.15) is 4.98 Å². The van der Waals surface area contributed by atoms with Crippen LogP contribution in [-0.2, 0) is 6.42 Å². The maximum Gasteiger partial charge on any atom is 0.252 e. The third kappa shape index (κ3) is 4.85. The first-order valence-corrected chi connectivity index (χ1v) is 11.9. The number of amides is 1. The van der Waals surface area contributed by atoms with Gasteiger partial charge in [0.05, 0.1) is 4.58 Å². The summed E-state index contributed by atoms with van der Waals surface area (Å²) in [5.74, 6) is 3.28. The minimum absolute atomic E-state index is 0.154. The molecule has 1 saturated heterocycles. The zero-order valence-corrected chi connectivity index (χ0v) is 17.8. The molecular weight excluding hydrogens is 402 g/mol. The van der Waals surface area contributed by atoms with E-state index in [4.69, 9.17) is 4.52 Å². The second-order valence-electron chi connectivity index (χ2n) is 6.81. The molecule has 4 rings (SSSR count). The molecule has 2 aromatic carbocycles. The lowest BCUT2D eigenvalue weighted by atomic mass is 10.1. The highest BCUT2D eigenvalue weighted by Gasteiger charge is 2.24. The molecular formula is C22H23N3O2S2. The van der Waals surface area contributed by atoms with E-state index in [0.29, 0.717) is 21.9 Å². The summed E-state index contributed by atoms with van der Waals surface area (Å²) in [7, 11) is 0. The molecule has 1 amide bonds. The van der Waals surface area contributed by atoms with Crippen LogP contribution in [0.25, 0.3) is 0 Å². The van der Waals surface area contributed by atoms with Crippen LogP contribution >= 0.6 is 23.5 Å². The van der Waals surface area contributed by atoms with E-state index in [1.807, 2.05) is 66.0 Å². The molecule has 0 aliphatic carbocycles. The maximum absolute atomic E-state index is 13.0. The minimum atomic E-state index is -0.460. The number of nitrogens with zero attached hydrogens (tertiary/aromatic N) is 2. The SMILES string of the molecule is CCCc1nc(C(NC(=O)c2ccc(C3SCCS3)cc2)c2ccccc2)no1. The van der Waals surface area contributed by atoms with Crippen molar-refractivity contribution in [1.82, 2.24) is 15.5 Å². The fourth-order valence-corrected chi connectivity index (χ4v) is 6.06. The molecule has 3 aromatic rings. The highest BCUT2D eigenvalue weighted by atomic mass is 32.2. The van der Waals surface area contributed by atoms with Crippen molar-refractivity contribution in [3.05, 3.63) is 83.0 Å². The van der Waals surface area contributed by atoms with E-state index >= 15 is 0 Å². The van der Waals surface area contributed by atoms with E-state index in [0.717, 1.165) is 18.4 Å². The number of hydrogen-bond acceptors (Lipinski definition) is 6. The number of aryl methyl sites for hydroxylation is 1.